The molecule has 0 saturated heterocycles. The summed E-state index contributed by atoms with van der Waals surface area (Å²) in [7, 11) is 0. The monoisotopic (exact) mass is 1390 g/mol. The van der Waals surface area contributed by atoms with Crippen molar-refractivity contribution in [1.82, 2.24) is 0 Å². The van der Waals surface area contributed by atoms with Gasteiger partial charge in [-0.3, -0.25) is 0 Å². The van der Waals surface area contributed by atoms with Crippen molar-refractivity contribution in [1.29, 1.82) is 0 Å². The third-order valence-corrected chi connectivity index (χ3v) is 22.5. The number of anilines is 11. The van der Waals surface area contributed by atoms with Crippen molar-refractivity contribution < 1.29 is 22.1 Å². The summed E-state index contributed by atoms with van der Waals surface area (Å²) in [5, 5.41) is 0. The number of furan rings is 1. The SMILES string of the molecule is CC(C)(C)c1cc(C(C)(C)C)c2c3c1-c1ccc(cc1)CCc1ccc(cc1)-c1c(C(C)(C)C)cc(C(C)(C)C)c(c1N1[C]4=[Pt]=[C]5N(c6[c-]c(ccc6)N(c6ccco6)c6[c-]c(ccc6)N4c4ccccc41)c1ccccc1N53)-c1ccc(cc1)CCc1ccc-2cc1. The van der Waals surface area contributed by atoms with Crippen LogP contribution in [0.5, 0.6) is 0 Å². The zero-order valence-electron chi connectivity index (χ0n) is 55.5. The summed E-state index contributed by atoms with van der Waals surface area (Å²) in [6.45, 7) is 29.0. The van der Waals surface area contributed by atoms with Crippen molar-refractivity contribution in [3.05, 3.63) is 269 Å². The van der Waals surface area contributed by atoms with Crippen molar-refractivity contribution in [2.24, 2.45) is 0 Å². The average Bonchev–Trinajstić information content (AvgIpc) is 1.65. The van der Waals surface area contributed by atoms with Crippen LogP contribution in [0.25, 0.3) is 44.5 Å². The van der Waals surface area contributed by atoms with Crippen LogP contribution in [0.1, 0.15) is 128 Å². The van der Waals surface area contributed by atoms with E-state index in [0.29, 0.717) is 5.88 Å². The van der Waals surface area contributed by atoms with E-state index in [2.05, 4.69) is 314 Å². The molecule has 9 aliphatic rings. The summed E-state index contributed by atoms with van der Waals surface area (Å²) in [5.41, 5.74) is 29.5. The first-order valence-corrected chi connectivity index (χ1v) is 35.3. The molecule has 0 unspecified atom stereocenters. The van der Waals surface area contributed by atoms with Gasteiger partial charge < -0.3 is 0 Å². The normalized spacial score (nSPS) is 15.0. The van der Waals surface area contributed by atoms with Crippen LogP contribution in [0, 0.1) is 12.1 Å². The molecule has 1 aromatic heterocycles. The van der Waals surface area contributed by atoms with Gasteiger partial charge in [0, 0.05) is 0 Å². The fraction of sp³-hybridized carbons (Fsp3) is 0.233. The van der Waals surface area contributed by atoms with Crippen LogP contribution in [-0.4, -0.2) is 8.29 Å². The van der Waals surface area contributed by atoms with Crippen molar-refractivity contribution in [2.75, 3.05) is 24.5 Å². The van der Waals surface area contributed by atoms with Crippen LogP contribution in [0.3, 0.4) is 0 Å². The molecule has 10 heterocycles. The average molecular weight is 1390 g/mol. The molecule has 0 spiro atoms. The first-order valence-electron chi connectivity index (χ1n) is 33.1. The molecule has 20 rings (SSSR count). The van der Waals surface area contributed by atoms with Crippen LogP contribution in [-0.2, 0) is 65.0 Å². The summed E-state index contributed by atoms with van der Waals surface area (Å²) < 4.78 is 8.84. The molecule has 6 nitrogen and oxygen atoms in total. The number of nitrogens with zero attached hydrogens (tertiary/aromatic N) is 5. The summed E-state index contributed by atoms with van der Waals surface area (Å²) in [4.78, 5) is 12.9. The van der Waals surface area contributed by atoms with Gasteiger partial charge in [-0.05, 0) is 0 Å². The number of hydrogen-bond acceptors (Lipinski definition) is 6. The van der Waals surface area contributed by atoms with Crippen molar-refractivity contribution in [3.8, 4) is 44.5 Å². The zero-order valence-corrected chi connectivity index (χ0v) is 57.8. The third-order valence-electron chi connectivity index (χ3n) is 19.4. The number of aryl methyl sites for hydroxylation is 4. The number of fused-ring (bicyclic) bond motifs is 14. The molecule has 10 aromatic carbocycles. The maximum atomic E-state index is 6.48. The van der Waals surface area contributed by atoms with Gasteiger partial charge in [0.05, 0.1) is 0 Å². The van der Waals surface area contributed by atoms with Crippen LogP contribution >= 0.6 is 0 Å². The zero-order chi connectivity index (χ0) is 64.0. The van der Waals surface area contributed by atoms with Gasteiger partial charge in [0.25, 0.3) is 0 Å². The molecule has 9 aliphatic heterocycles. The molecule has 0 atom stereocenters. The van der Waals surface area contributed by atoms with Crippen molar-refractivity contribution in [2.45, 2.75) is 130 Å². The van der Waals surface area contributed by atoms with Gasteiger partial charge in [0.1, 0.15) is 0 Å². The van der Waals surface area contributed by atoms with Crippen molar-refractivity contribution >= 4 is 71.0 Å². The number of benzene rings is 10. The van der Waals surface area contributed by atoms with Gasteiger partial charge in [-0.25, -0.2) is 0 Å². The summed E-state index contributed by atoms with van der Waals surface area (Å²) >= 11 is -1.42. The van der Waals surface area contributed by atoms with E-state index in [1.54, 1.807) is 6.26 Å². The molecule has 0 aliphatic carbocycles. The fourth-order valence-electron chi connectivity index (χ4n) is 14.7. The Morgan fingerprint density at radius 1 is 0.312 bits per heavy atom. The van der Waals surface area contributed by atoms with E-state index in [1.807, 2.05) is 12.1 Å². The fourth-order valence-corrected chi connectivity index (χ4v) is 18.4. The summed E-state index contributed by atoms with van der Waals surface area (Å²) in [5.74, 6) is 0.676. The van der Waals surface area contributed by atoms with Crippen LogP contribution in [0.4, 0.5) is 62.8 Å². The second kappa shape index (κ2) is 21.8. The van der Waals surface area contributed by atoms with E-state index >= 15 is 0 Å². The van der Waals surface area contributed by atoms with Gasteiger partial charge in [-0.15, -0.1) is 0 Å². The first kappa shape index (κ1) is 59.0. The molecule has 7 heteroatoms. The molecule has 466 valence electrons. The van der Waals surface area contributed by atoms with Crippen molar-refractivity contribution in [3.63, 3.8) is 0 Å². The van der Waals surface area contributed by atoms with E-state index in [-0.39, 0.29) is 21.7 Å². The van der Waals surface area contributed by atoms with Gasteiger partial charge in [0.15, 0.2) is 0 Å². The van der Waals surface area contributed by atoms with Gasteiger partial charge in [-0.2, -0.15) is 0 Å². The molecular formula is C86H79N5OPt-2. The second-order valence-electron chi connectivity index (χ2n) is 29.9. The molecular weight excluding hydrogens is 1310 g/mol. The molecule has 0 saturated carbocycles. The van der Waals surface area contributed by atoms with E-state index in [1.165, 1.54) is 109 Å². The Hall–Kier alpha value is -9.09. The summed E-state index contributed by atoms with van der Waals surface area (Å²) in [6.07, 6.45) is 5.43. The van der Waals surface area contributed by atoms with Crippen LogP contribution in [0.2, 0.25) is 0 Å². The molecule has 11 aromatic rings. The first-order chi connectivity index (χ1) is 44.7. The molecule has 0 fully saturated rings. The Kier molecular flexibility index (Phi) is 13.8. The van der Waals surface area contributed by atoms with E-state index < -0.39 is 17.6 Å². The minimum atomic E-state index is -1.42. The molecule has 0 radical (unpaired) electrons. The van der Waals surface area contributed by atoms with Crippen LogP contribution in [0.15, 0.2) is 217 Å². The number of para-hydroxylation sites is 4. The molecule has 0 N–H and O–H groups in total. The predicted molar refractivity (Wildman–Crippen MR) is 387 cm³/mol. The second-order valence-corrected chi connectivity index (χ2v) is 32.5. The summed E-state index contributed by atoms with van der Waals surface area (Å²) in [6, 6.07) is 87.9. The maximum absolute atomic E-state index is 6.48. The Balaban J connectivity index is 1.20. The Morgan fingerprint density at radius 2 is 0.602 bits per heavy atom. The third kappa shape index (κ3) is 9.92. The van der Waals surface area contributed by atoms with Gasteiger partial charge >= 0.3 is 562 Å². The number of rotatable bonds is 1. The van der Waals surface area contributed by atoms with Gasteiger partial charge in [0.2, 0.25) is 0 Å². The van der Waals surface area contributed by atoms with E-state index in [4.69, 9.17) is 4.42 Å². The standard InChI is InChI=1S/C86H79N5O.Pt/c1-83(2,3)68-52-69(84(4,5)6)78-61-43-35-57(36-44-61)31-32-59-39-47-63(48-40-59)80-71(86(10,11)12)53-70(85(7,8)9)79-62-45-37-58(38-46-62)30-29-56-33-41-60(42-34-56)77(68)81(78)89-54-87(72-24-13-15-26-74(72)89)64-20-17-22-66(50-64)91(76-28-19-49-92-76)67-23-18-21-65(51-67)88-55-90(82(79)80)75-27-16-14-25-73(75)88;/h13-28,33-49,52-53H,29-32H2,1-12H3;/q-2;. The molecule has 16 bridgehead atoms. The number of hydrogen-bond donors (Lipinski definition) is 0. The Bertz CT molecular complexity index is 4410. The van der Waals surface area contributed by atoms with Gasteiger partial charge in [-0.1, -0.05) is 0 Å². The predicted octanol–water partition coefficient (Wildman–Crippen LogP) is 22.3. The van der Waals surface area contributed by atoms with E-state index in [9.17, 15) is 0 Å². The Labute approximate surface area is 558 Å². The van der Waals surface area contributed by atoms with E-state index in [0.717, 1.165) is 71.2 Å². The quantitative estimate of drug-likeness (QED) is 0.152. The minimum absolute atomic E-state index is 0.288. The molecule has 0 amide bonds. The molecule has 93 heavy (non-hydrogen) atoms. The topological polar surface area (TPSA) is 29.3 Å². The Morgan fingerprint density at radius 3 is 0.882 bits per heavy atom. The van der Waals surface area contributed by atoms with Crippen LogP contribution < -0.4 is 24.5 Å².